The summed E-state index contributed by atoms with van der Waals surface area (Å²) in [4.78, 5) is 15.8. The van der Waals surface area contributed by atoms with Crippen molar-refractivity contribution >= 4 is 11.7 Å². The van der Waals surface area contributed by atoms with E-state index in [1.807, 2.05) is 31.2 Å². The number of hydrogen-bond acceptors (Lipinski definition) is 4. The molecule has 0 aliphatic carbocycles. The monoisotopic (exact) mass is 315 g/mol. The lowest BCUT2D eigenvalue weighted by atomic mass is 10.2. The van der Waals surface area contributed by atoms with Crippen LogP contribution in [0.3, 0.4) is 0 Å². The first-order chi connectivity index (χ1) is 11.2. The molecule has 0 fully saturated rings. The van der Waals surface area contributed by atoms with Gasteiger partial charge in [0.05, 0.1) is 11.9 Å². The third kappa shape index (κ3) is 5.96. The van der Waals surface area contributed by atoms with Gasteiger partial charge >= 0.3 is 6.03 Å². The van der Waals surface area contributed by atoms with E-state index >= 15 is 0 Å². The molecule has 0 atom stereocenters. The lowest BCUT2D eigenvalue weighted by molar-refractivity contribution is 0.194. The summed E-state index contributed by atoms with van der Waals surface area (Å²) in [6.45, 7) is 3.19. The molecule has 6 nitrogen and oxygen atoms in total. The molecule has 0 aliphatic rings. The van der Waals surface area contributed by atoms with Crippen molar-refractivity contribution < 1.29 is 14.3 Å². The number of aryl methyl sites for hydroxylation is 1. The quantitative estimate of drug-likeness (QED) is 0.769. The van der Waals surface area contributed by atoms with Crippen molar-refractivity contribution in [3.8, 4) is 11.6 Å². The van der Waals surface area contributed by atoms with Crippen LogP contribution in [0.25, 0.3) is 0 Å². The summed E-state index contributed by atoms with van der Waals surface area (Å²) in [5, 5.41) is 5.45. The van der Waals surface area contributed by atoms with E-state index < -0.39 is 0 Å². The summed E-state index contributed by atoms with van der Waals surface area (Å²) < 4.78 is 10.5. The Labute approximate surface area is 135 Å². The predicted molar refractivity (Wildman–Crippen MR) is 89.0 cm³/mol. The maximum Gasteiger partial charge on any atom is 0.319 e. The van der Waals surface area contributed by atoms with Crippen LogP contribution in [0.15, 0.2) is 42.6 Å². The molecule has 0 spiro atoms. The van der Waals surface area contributed by atoms with Crippen LogP contribution in [0, 0.1) is 6.92 Å². The van der Waals surface area contributed by atoms with Gasteiger partial charge in [-0.1, -0.05) is 17.7 Å². The van der Waals surface area contributed by atoms with Gasteiger partial charge in [0.1, 0.15) is 5.75 Å². The average Bonchev–Trinajstić information content (AvgIpc) is 2.56. The fourth-order valence-corrected chi connectivity index (χ4v) is 1.84. The second-order valence-corrected chi connectivity index (χ2v) is 5.03. The van der Waals surface area contributed by atoms with Gasteiger partial charge in [0.25, 0.3) is 0 Å². The van der Waals surface area contributed by atoms with E-state index in [0.29, 0.717) is 24.7 Å². The van der Waals surface area contributed by atoms with Gasteiger partial charge in [0, 0.05) is 26.3 Å². The van der Waals surface area contributed by atoms with Crippen LogP contribution in [0.4, 0.5) is 10.5 Å². The number of amides is 2. The van der Waals surface area contributed by atoms with Crippen LogP contribution in [0.2, 0.25) is 0 Å². The fourth-order valence-electron chi connectivity index (χ4n) is 1.84. The van der Waals surface area contributed by atoms with Crippen molar-refractivity contribution in [2.45, 2.75) is 13.3 Å². The van der Waals surface area contributed by atoms with Gasteiger partial charge in [-0.15, -0.1) is 0 Å². The fraction of sp³-hybridized carbons (Fsp3) is 0.294. The predicted octanol–water partition coefficient (Wildman–Crippen LogP) is 3.34. The second-order valence-electron chi connectivity index (χ2n) is 5.03. The summed E-state index contributed by atoms with van der Waals surface area (Å²) in [6, 6.07) is 10.9. The highest BCUT2D eigenvalue weighted by molar-refractivity contribution is 5.88. The molecule has 2 N–H and O–H groups in total. The molecule has 1 aromatic heterocycles. The van der Waals surface area contributed by atoms with Crippen LogP contribution < -0.4 is 15.4 Å². The minimum absolute atomic E-state index is 0.268. The number of carbonyl (C=O) groups excluding carboxylic acids is 1. The molecule has 0 unspecified atom stereocenters. The molecule has 0 bridgehead atoms. The Morgan fingerprint density at radius 1 is 1.17 bits per heavy atom. The molecule has 0 aliphatic heterocycles. The third-order valence-corrected chi connectivity index (χ3v) is 3.05. The number of carbonyl (C=O) groups is 1. The second kappa shape index (κ2) is 8.75. The smallest absolute Gasteiger partial charge is 0.319 e. The summed E-state index contributed by atoms with van der Waals surface area (Å²) in [5.74, 6) is 1.19. The van der Waals surface area contributed by atoms with Crippen molar-refractivity contribution in [2.24, 2.45) is 0 Å². The number of ether oxygens (including phenoxy) is 2. The molecule has 1 heterocycles. The number of hydrogen-bond donors (Lipinski definition) is 2. The van der Waals surface area contributed by atoms with Crippen LogP contribution in [0.1, 0.15) is 12.0 Å². The third-order valence-electron chi connectivity index (χ3n) is 3.05. The number of nitrogens with zero attached hydrogens (tertiary/aromatic N) is 1. The van der Waals surface area contributed by atoms with Crippen LogP contribution >= 0.6 is 0 Å². The SMILES string of the molecule is COCCCNC(=O)Nc1ccc(Oc2ccc(C)cc2)nc1. The molecule has 6 heteroatoms. The van der Waals surface area contributed by atoms with Crippen LogP contribution in [0.5, 0.6) is 11.6 Å². The molecular formula is C17H21N3O3. The van der Waals surface area contributed by atoms with Crippen molar-refractivity contribution in [3.05, 3.63) is 48.2 Å². The Balaban J connectivity index is 1.82. The van der Waals surface area contributed by atoms with Gasteiger partial charge in [0.2, 0.25) is 5.88 Å². The maximum atomic E-state index is 11.7. The standard InChI is InChI=1S/C17H21N3O3/c1-13-4-7-15(8-5-13)23-16-9-6-14(12-19-16)20-17(21)18-10-3-11-22-2/h4-9,12H,3,10-11H2,1-2H3,(H2,18,20,21). The van der Waals surface area contributed by atoms with Crippen molar-refractivity contribution in [1.82, 2.24) is 10.3 Å². The number of rotatable bonds is 7. The summed E-state index contributed by atoms with van der Waals surface area (Å²) >= 11 is 0. The number of anilines is 1. The van der Waals surface area contributed by atoms with Crippen molar-refractivity contribution in [3.63, 3.8) is 0 Å². The zero-order chi connectivity index (χ0) is 16.5. The normalized spacial score (nSPS) is 10.2. The molecule has 122 valence electrons. The zero-order valence-electron chi connectivity index (χ0n) is 13.3. The van der Waals surface area contributed by atoms with E-state index in [4.69, 9.17) is 9.47 Å². The number of urea groups is 1. The highest BCUT2D eigenvalue weighted by Gasteiger charge is 2.03. The van der Waals surface area contributed by atoms with E-state index in [-0.39, 0.29) is 6.03 Å². The van der Waals surface area contributed by atoms with E-state index in [2.05, 4.69) is 15.6 Å². The van der Waals surface area contributed by atoms with Crippen molar-refractivity contribution in [1.29, 1.82) is 0 Å². The van der Waals surface area contributed by atoms with Gasteiger partial charge in [-0.25, -0.2) is 9.78 Å². The number of methoxy groups -OCH3 is 1. The zero-order valence-corrected chi connectivity index (χ0v) is 13.3. The van der Waals surface area contributed by atoms with E-state index in [0.717, 1.165) is 12.2 Å². The molecule has 0 saturated carbocycles. The van der Waals surface area contributed by atoms with Gasteiger partial charge in [-0.05, 0) is 31.5 Å². The van der Waals surface area contributed by atoms with E-state index in [1.165, 1.54) is 5.56 Å². The van der Waals surface area contributed by atoms with Crippen LogP contribution in [-0.4, -0.2) is 31.3 Å². The Bertz CT molecular complexity index is 612. The molecule has 0 saturated heterocycles. The highest BCUT2D eigenvalue weighted by atomic mass is 16.5. The number of aromatic nitrogens is 1. The van der Waals surface area contributed by atoms with Gasteiger partial charge in [-0.2, -0.15) is 0 Å². The highest BCUT2D eigenvalue weighted by Crippen LogP contribution is 2.20. The summed E-state index contributed by atoms with van der Waals surface area (Å²) in [7, 11) is 1.63. The Morgan fingerprint density at radius 3 is 2.61 bits per heavy atom. The lowest BCUT2D eigenvalue weighted by Gasteiger charge is -2.08. The van der Waals surface area contributed by atoms with E-state index in [9.17, 15) is 4.79 Å². The van der Waals surface area contributed by atoms with Gasteiger partial charge in [-0.3, -0.25) is 0 Å². The molecule has 2 amide bonds. The summed E-state index contributed by atoms with van der Waals surface area (Å²) in [5.41, 5.74) is 1.77. The molecule has 2 aromatic rings. The average molecular weight is 315 g/mol. The Hall–Kier alpha value is -2.60. The first-order valence-corrected chi connectivity index (χ1v) is 7.42. The Morgan fingerprint density at radius 2 is 1.96 bits per heavy atom. The number of nitrogens with one attached hydrogen (secondary N) is 2. The first kappa shape index (κ1) is 16.8. The minimum atomic E-state index is -0.268. The minimum Gasteiger partial charge on any atom is -0.439 e. The first-order valence-electron chi connectivity index (χ1n) is 7.42. The largest absolute Gasteiger partial charge is 0.439 e. The topological polar surface area (TPSA) is 72.5 Å². The number of benzene rings is 1. The summed E-state index contributed by atoms with van der Waals surface area (Å²) in [6.07, 6.45) is 2.32. The molecule has 23 heavy (non-hydrogen) atoms. The van der Waals surface area contributed by atoms with Crippen LogP contribution in [-0.2, 0) is 4.74 Å². The molecular weight excluding hydrogens is 294 g/mol. The Kier molecular flexibility index (Phi) is 6.38. The maximum absolute atomic E-state index is 11.7. The lowest BCUT2D eigenvalue weighted by Crippen LogP contribution is -2.30. The van der Waals surface area contributed by atoms with Gasteiger partial charge < -0.3 is 20.1 Å². The molecule has 2 rings (SSSR count). The van der Waals surface area contributed by atoms with Crippen molar-refractivity contribution in [2.75, 3.05) is 25.6 Å². The number of pyridine rings is 1. The van der Waals surface area contributed by atoms with E-state index in [1.54, 1.807) is 25.4 Å². The van der Waals surface area contributed by atoms with Gasteiger partial charge in [0.15, 0.2) is 0 Å². The molecule has 0 radical (unpaired) electrons. The molecule has 1 aromatic carbocycles.